The van der Waals surface area contributed by atoms with Crippen LogP contribution in [0.5, 0.6) is 0 Å². The molecular formula is C15H14BrFN2O. The molecule has 0 bridgehead atoms. The number of aromatic nitrogens is 1. The number of nitrogens with zero attached hydrogens (tertiary/aromatic N) is 1. The fourth-order valence-electron chi connectivity index (χ4n) is 1.81. The Morgan fingerprint density at radius 2 is 2.00 bits per heavy atom. The molecule has 1 heterocycles. The normalized spacial score (nSPS) is 11.9. The van der Waals surface area contributed by atoms with Gasteiger partial charge in [-0.15, -0.1) is 0 Å². The Bertz CT molecular complexity index is 560. The second kappa shape index (κ2) is 7.14. The molecule has 5 heteroatoms. The molecule has 1 atom stereocenters. The van der Waals surface area contributed by atoms with E-state index in [0.29, 0.717) is 5.33 Å². The molecule has 0 spiro atoms. The van der Waals surface area contributed by atoms with Gasteiger partial charge in [0, 0.05) is 11.4 Å². The number of benzene rings is 1. The number of halogens is 2. The van der Waals surface area contributed by atoms with Crippen molar-refractivity contribution in [1.82, 2.24) is 10.3 Å². The maximum absolute atomic E-state index is 12.8. The minimum atomic E-state index is -0.456. The molecule has 0 saturated heterocycles. The lowest BCUT2D eigenvalue weighted by atomic mass is 10.1. The van der Waals surface area contributed by atoms with Crippen molar-refractivity contribution >= 4 is 21.8 Å². The third-order valence-electron chi connectivity index (χ3n) is 2.81. The first-order valence-corrected chi connectivity index (χ1v) is 7.33. The number of amides is 1. The van der Waals surface area contributed by atoms with E-state index in [9.17, 15) is 9.18 Å². The lowest BCUT2D eigenvalue weighted by Gasteiger charge is -2.16. The van der Waals surface area contributed by atoms with Gasteiger partial charge in [-0.3, -0.25) is 4.79 Å². The van der Waals surface area contributed by atoms with Crippen molar-refractivity contribution in [3.05, 3.63) is 65.7 Å². The first kappa shape index (κ1) is 14.7. The predicted molar refractivity (Wildman–Crippen MR) is 79.4 cm³/mol. The highest BCUT2D eigenvalue weighted by Crippen LogP contribution is 2.06. The third kappa shape index (κ3) is 4.13. The zero-order chi connectivity index (χ0) is 14.4. The Morgan fingerprint density at radius 3 is 2.60 bits per heavy atom. The largest absolute Gasteiger partial charge is 0.347 e. The Kier molecular flexibility index (Phi) is 5.24. The quantitative estimate of drug-likeness (QED) is 0.853. The highest BCUT2D eigenvalue weighted by atomic mass is 79.9. The van der Waals surface area contributed by atoms with Crippen LogP contribution in [0.3, 0.4) is 0 Å². The van der Waals surface area contributed by atoms with E-state index in [1.165, 1.54) is 12.1 Å². The first-order chi connectivity index (χ1) is 9.69. The predicted octanol–water partition coefficient (Wildman–Crippen LogP) is 2.96. The molecule has 0 aliphatic carbocycles. The summed E-state index contributed by atoms with van der Waals surface area (Å²) in [6.07, 6.45) is 1.76. The van der Waals surface area contributed by atoms with Gasteiger partial charge in [-0.25, -0.2) is 9.37 Å². The van der Waals surface area contributed by atoms with Crippen molar-refractivity contribution in [2.75, 3.05) is 5.33 Å². The zero-order valence-electron chi connectivity index (χ0n) is 10.7. The van der Waals surface area contributed by atoms with Crippen molar-refractivity contribution in [3.8, 4) is 0 Å². The van der Waals surface area contributed by atoms with Crippen LogP contribution in [0.15, 0.2) is 48.7 Å². The van der Waals surface area contributed by atoms with Crippen LogP contribution >= 0.6 is 15.9 Å². The number of alkyl halides is 1. The van der Waals surface area contributed by atoms with E-state index in [1.54, 1.807) is 0 Å². The Balaban J connectivity index is 1.99. The monoisotopic (exact) mass is 336 g/mol. The summed E-state index contributed by atoms with van der Waals surface area (Å²) < 4.78 is 12.8. The second-order valence-electron chi connectivity index (χ2n) is 4.38. The molecule has 1 aromatic heterocycles. The van der Waals surface area contributed by atoms with Crippen LogP contribution in [0.4, 0.5) is 4.39 Å². The van der Waals surface area contributed by atoms with E-state index >= 15 is 0 Å². The van der Waals surface area contributed by atoms with Gasteiger partial charge >= 0.3 is 0 Å². The van der Waals surface area contributed by atoms with Gasteiger partial charge in [0.2, 0.25) is 0 Å². The molecule has 20 heavy (non-hydrogen) atoms. The number of hydrogen-bond acceptors (Lipinski definition) is 2. The van der Waals surface area contributed by atoms with Crippen molar-refractivity contribution in [2.45, 2.75) is 12.5 Å². The van der Waals surface area contributed by atoms with E-state index in [1.807, 2.05) is 30.3 Å². The summed E-state index contributed by atoms with van der Waals surface area (Å²) in [5.74, 6) is -0.756. The van der Waals surface area contributed by atoms with Crippen LogP contribution in [0.25, 0.3) is 0 Å². The van der Waals surface area contributed by atoms with Crippen LogP contribution in [-0.2, 0) is 6.42 Å². The van der Waals surface area contributed by atoms with Crippen LogP contribution in [0.1, 0.15) is 16.1 Å². The van der Waals surface area contributed by atoms with Gasteiger partial charge in [-0.1, -0.05) is 46.3 Å². The van der Waals surface area contributed by atoms with Gasteiger partial charge in [0.05, 0.1) is 6.20 Å². The second-order valence-corrected chi connectivity index (χ2v) is 5.02. The third-order valence-corrected chi connectivity index (χ3v) is 3.59. The number of rotatable bonds is 5. The van der Waals surface area contributed by atoms with E-state index < -0.39 is 5.82 Å². The molecule has 0 aliphatic heterocycles. The number of carbonyl (C=O) groups is 1. The maximum Gasteiger partial charge on any atom is 0.270 e. The molecule has 3 nitrogen and oxygen atoms in total. The molecule has 0 saturated carbocycles. The molecule has 2 aromatic rings. The Morgan fingerprint density at radius 1 is 1.25 bits per heavy atom. The van der Waals surface area contributed by atoms with Gasteiger partial charge in [0.1, 0.15) is 11.5 Å². The smallest absolute Gasteiger partial charge is 0.270 e. The van der Waals surface area contributed by atoms with Gasteiger partial charge in [-0.05, 0) is 24.1 Å². The standard InChI is InChI=1S/C15H14BrFN2O/c16-9-13(8-11-4-2-1-3-5-11)19-15(20)14-7-6-12(17)10-18-14/h1-7,10,13H,8-9H2,(H,19,20). The molecular weight excluding hydrogens is 323 g/mol. The first-order valence-electron chi connectivity index (χ1n) is 6.21. The van der Waals surface area contributed by atoms with Gasteiger partial charge in [-0.2, -0.15) is 0 Å². The van der Waals surface area contributed by atoms with Crippen molar-refractivity contribution in [1.29, 1.82) is 0 Å². The van der Waals surface area contributed by atoms with Crippen molar-refractivity contribution < 1.29 is 9.18 Å². The molecule has 104 valence electrons. The van der Waals surface area contributed by atoms with Crippen molar-refractivity contribution in [3.63, 3.8) is 0 Å². The van der Waals surface area contributed by atoms with Crippen LogP contribution in [-0.4, -0.2) is 22.3 Å². The molecule has 1 N–H and O–H groups in total. The minimum absolute atomic E-state index is 0.0447. The topological polar surface area (TPSA) is 42.0 Å². The highest BCUT2D eigenvalue weighted by molar-refractivity contribution is 9.09. The fourth-order valence-corrected chi connectivity index (χ4v) is 2.20. The molecule has 1 unspecified atom stereocenters. The van der Waals surface area contributed by atoms with E-state index in [-0.39, 0.29) is 17.6 Å². The maximum atomic E-state index is 12.8. The Labute approximate surface area is 125 Å². The van der Waals surface area contributed by atoms with Crippen LogP contribution in [0, 0.1) is 5.82 Å². The molecule has 1 aromatic carbocycles. The lowest BCUT2D eigenvalue weighted by Crippen LogP contribution is -2.38. The fraction of sp³-hybridized carbons (Fsp3) is 0.200. The molecule has 1 amide bonds. The number of carbonyl (C=O) groups excluding carboxylic acids is 1. The van der Waals surface area contributed by atoms with Crippen LogP contribution in [0.2, 0.25) is 0 Å². The summed E-state index contributed by atoms with van der Waals surface area (Å²) in [6, 6.07) is 12.5. The number of pyridine rings is 1. The Hall–Kier alpha value is -1.75. The molecule has 0 aliphatic rings. The molecule has 0 radical (unpaired) electrons. The summed E-state index contributed by atoms with van der Waals surface area (Å²) in [4.78, 5) is 15.8. The van der Waals surface area contributed by atoms with E-state index in [2.05, 4.69) is 26.2 Å². The average Bonchev–Trinajstić information content (AvgIpc) is 2.48. The van der Waals surface area contributed by atoms with E-state index in [0.717, 1.165) is 18.2 Å². The average molecular weight is 337 g/mol. The van der Waals surface area contributed by atoms with E-state index in [4.69, 9.17) is 0 Å². The summed E-state index contributed by atoms with van der Waals surface area (Å²) in [6.45, 7) is 0. The summed E-state index contributed by atoms with van der Waals surface area (Å²) in [5, 5.41) is 3.51. The van der Waals surface area contributed by atoms with Crippen molar-refractivity contribution in [2.24, 2.45) is 0 Å². The summed E-state index contributed by atoms with van der Waals surface area (Å²) >= 11 is 3.39. The molecule has 2 rings (SSSR count). The minimum Gasteiger partial charge on any atom is -0.347 e. The van der Waals surface area contributed by atoms with Crippen LogP contribution < -0.4 is 5.32 Å². The summed E-state index contributed by atoms with van der Waals surface area (Å²) in [5.41, 5.74) is 1.36. The van der Waals surface area contributed by atoms with Gasteiger partial charge in [0.25, 0.3) is 5.91 Å². The lowest BCUT2D eigenvalue weighted by molar-refractivity contribution is 0.0936. The zero-order valence-corrected chi connectivity index (χ0v) is 12.3. The number of nitrogens with one attached hydrogen (secondary N) is 1. The summed E-state index contributed by atoms with van der Waals surface area (Å²) in [7, 11) is 0. The SMILES string of the molecule is O=C(NC(CBr)Cc1ccccc1)c1ccc(F)cn1. The number of hydrogen-bond donors (Lipinski definition) is 1. The van der Waals surface area contributed by atoms with Gasteiger partial charge < -0.3 is 5.32 Å². The van der Waals surface area contributed by atoms with Gasteiger partial charge in [0.15, 0.2) is 0 Å². The molecule has 0 fully saturated rings. The highest BCUT2D eigenvalue weighted by Gasteiger charge is 2.14.